The Morgan fingerprint density at radius 1 is 1.67 bits per heavy atom. The molecule has 0 saturated carbocycles. The van der Waals surface area contributed by atoms with Crippen LogP contribution >= 0.6 is 14.1 Å². The average Bonchev–Trinajstić information content (AvgIpc) is 1.35. The van der Waals surface area contributed by atoms with E-state index in [1.807, 2.05) is 0 Å². The summed E-state index contributed by atoms with van der Waals surface area (Å²) in [6, 6.07) is 0. The maximum absolute atomic E-state index is 9.61. The van der Waals surface area contributed by atoms with E-state index in [0.717, 1.165) is 0 Å². The standard InChI is InChI=1S/ClH2IO3P/c1-2-6(3,4)5/h(H2,3,4,5)/q-1. The van der Waals surface area contributed by atoms with Crippen molar-refractivity contribution >= 4 is 14.1 Å². The third-order valence-electron chi connectivity index (χ3n) is 0.0832. The van der Waals surface area contributed by atoms with E-state index in [0.29, 0.717) is 0 Å². The van der Waals surface area contributed by atoms with Gasteiger partial charge in [-0.1, -0.05) is 0 Å². The Bertz CT molecular complexity index is 74.9. The monoisotopic (exact) mass is 243 g/mol. The molecule has 0 fully saturated rings. The predicted octanol–water partition coefficient (Wildman–Crippen LogP) is -2.68. The normalized spacial score (nSPS) is 12.5. The van der Waals surface area contributed by atoms with Crippen molar-refractivity contribution in [3.63, 3.8) is 0 Å². The topological polar surface area (TPSA) is 57.5 Å². The second-order valence-corrected chi connectivity index (χ2v) is 9.05. The van der Waals surface area contributed by atoms with Crippen molar-refractivity contribution in [1.29, 1.82) is 0 Å². The van der Waals surface area contributed by atoms with Crippen molar-refractivity contribution in [3.8, 4) is 0 Å². The first kappa shape index (κ1) is 7.17. The molecule has 0 aliphatic carbocycles. The second kappa shape index (κ2) is 2.47. The molecule has 0 radical (unpaired) electrons. The molecule has 0 spiro atoms. The van der Waals surface area contributed by atoms with Crippen molar-refractivity contribution in [2.24, 2.45) is 0 Å². The summed E-state index contributed by atoms with van der Waals surface area (Å²) in [7, 11) is 4.82. The minimum absolute atomic E-state index is 1.40. The van der Waals surface area contributed by atoms with E-state index in [-0.39, 0.29) is 0 Å². The Kier molecular flexibility index (Phi) is 2.95. The molecule has 6 heavy (non-hydrogen) atoms. The molecule has 0 aliphatic rings. The number of hydrogen-bond acceptors (Lipinski definition) is 1. The van der Waals surface area contributed by atoms with Crippen LogP contribution in [0.15, 0.2) is 0 Å². The Hall–Kier alpha value is 1.17. The number of halogens is 2. The molecule has 6 heteroatoms. The van der Waals surface area contributed by atoms with Gasteiger partial charge in [0.1, 0.15) is 0 Å². The van der Waals surface area contributed by atoms with E-state index < -0.39 is 24.8 Å². The van der Waals surface area contributed by atoms with Crippen LogP contribution in [0, 0.1) is 0 Å². The van der Waals surface area contributed by atoms with Gasteiger partial charge in [-0.2, -0.15) is 0 Å². The van der Waals surface area contributed by atoms with Crippen LogP contribution in [0.5, 0.6) is 0 Å². The third kappa shape index (κ3) is 5.17. The molecule has 0 aromatic rings. The minimum atomic E-state index is -3.77. The summed E-state index contributed by atoms with van der Waals surface area (Å²) in [6.07, 6.45) is 0. The van der Waals surface area contributed by atoms with Gasteiger partial charge in [0.2, 0.25) is 0 Å². The van der Waals surface area contributed by atoms with Crippen LogP contribution in [0.2, 0.25) is 0 Å². The van der Waals surface area contributed by atoms with Gasteiger partial charge in [0, 0.05) is 0 Å². The first-order chi connectivity index (χ1) is 2.56. The molecule has 0 aromatic heterocycles. The molecule has 0 aromatic carbocycles. The van der Waals surface area contributed by atoms with E-state index in [4.69, 9.17) is 18.7 Å². The van der Waals surface area contributed by atoms with E-state index in [2.05, 4.69) is 0 Å². The van der Waals surface area contributed by atoms with Gasteiger partial charge in [-0.15, -0.1) is 0 Å². The summed E-state index contributed by atoms with van der Waals surface area (Å²) in [5, 5.41) is -3.77. The first-order valence-electron chi connectivity index (χ1n) is 0.894. The summed E-state index contributed by atoms with van der Waals surface area (Å²) < 4.78 is 9.61. The maximum atomic E-state index is 9.61. The van der Waals surface area contributed by atoms with Gasteiger partial charge in [0.15, 0.2) is 0 Å². The quantitative estimate of drug-likeness (QED) is 0.390. The fourth-order valence-electron chi connectivity index (χ4n) is 0. The molecule has 0 saturated heterocycles. The van der Waals surface area contributed by atoms with Gasteiger partial charge in [-0.25, -0.2) is 0 Å². The van der Waals surface area contributed by atoms with Crippen LogP contribution < -0.4 is 19.5 Å². The van der Waals surface area contributed by atoms with Gasteiger partial charge in [-0.3, -0.25) is 0 Å². The van der Waals surface area contributed by atoms with E-state index in [1.54, 1.807) is 0 Å². The van der Waals surface area contributed by atoms with Crippen LogP contribution in [0.25, 0.3) is 0 Å². The SMILES string of the molecule is O=P(O)(O)[I-]Cl. The van der Waals surface area contributed by atoms with Crippen LogP contribution in [0.1, 0.15) is 0 Å². The molecule has 0 aliphatic heterocycles. The zero-order valence-electron chi connectivity index (χ0n) is 2.51. The predicted molar refractivity (Wildman–Crippen MR) is 17.9 cm³/mol. The number of rotatable bonds is 1. The average molecular weight is 243 g/mol. The van der Waals surface area contributed by atoms with Gasteiger partial charge in [0.25, 0.3) is 0 Å². The molecule has 0 unspecified atom stereocenters. The van der Waals surface area contributed by atoms with E-state index >= 15 is 0 Å². The van der Waals surface area contributed by atoms with Crippen LogP contribution in [0.4, 0.5) is 0 Å². The summed E-state index contributed by atoms with van der Waals surface area (Å²) in [5.41, 5.74) is 0. The molecular formula is H2ClIO3P-. The Morgan fingerprint density at radius 3 is 1.83 bits per heavy atom. The molecule has 0 heterocycles. The molecule has 0 bridgehead atoms. The Balaban J connectivity index is 3.48. The molecule has 0 amide bonds. The summed E-state index contributed by atoms with van der Waals surface area (Å²) in [4.78, 5) is 15.7. The van der Waals surface area contributed by atoms with E-state index in [1.165, 1.54) is 0 Å². The molecule has 40 valence electrons. The molecule has 2 N–H and O–H groups in total. The van der Waals surface area contributed by atoms with Crippen molar-refractivity contribution in [2.45, 2.75) is 0 Å². The van der Waals surface area contributed by atoms with Crippen LogP contribution in [0.3, 0.4) is 0 Å². The van der Waals surface area contributed by atoms with E-state index in [9.17, 15) is 4.57 Å². The zero-order valence-corrected chi connectivity index (χ0v) is 6.31. The summed E-state index contributed by atoms with van der Waals surface area (Å²) in [6.45, 7) is 0. The van der Waals surface area contributed by atoms with Crippen LogP contribution in [-0.4, -0.2) is 9.79 Å². The fourth-order valence-corrected chi connectivity index (χ4v) is 0. The Morgan fingerprint density at radius 2 is 1.83 bits per heavy atom. The summed E-state index contributed by atoms with van der Waals surface area (Å²) >= 11 is -1.40. The first-order valence-corrected chi connectivity index (χ1v) is 8.02. The second-order valence-electron chi connectivity index (χ2n) is 0.537. The van der Waals surface area contributed by atoms with Gasteiger partial charge < -0.3 is 0 Å². The summed E-state index contributed by atoms with van der Waals surface area (Å²) in [5.74, 6) is 0. The van der Waals surface area contributed by atoms with Gasteiger partial charge in [-0.05, 0) is 0 Å². The zero-order chi connectivity index (χ0) is 5.21. The van der Waals surface area contributed by atoms with Crippen molar-refractivity contribution in [1.82, 2.24) is 0 Å². The number of hydrogen-bond donors (Lipinski definition) is 2. The Labute approximate surface area is 48.2 Å². The van der Waals surface area contributed by atoms with Crippen molar-refractivity contribution in [2.75, 3.05) is 0 Å². The molecule has 0 atom stereocenters. The molecule has 0 rings (SSSR count). The molecule has 3 nitrogen and oxygen atoms in total. The van der Waals surface area contributed by atoms with Crippen LogP contribution in [-0.2, 0) is 4.57 Å². The van der Waals surface area contributed by atoms with Gasteiger partial charge >= 0.3 is 48.0 Å². The fraction of sp³-hybridized carbons (Fsp3) is 0. The third-order valence-corrected chi connectivity index (χ3v) is 5.02. The van der Waals surface area contributed by atoms with Crippen molar-refractivity contribution < 1.29 is 33.9 Å². The molecular weight excluding hydrogens is 241 g/mol. The van der Waals surface area contributed by atoms with Crippen molar-refractivity contribution in [3.05, 3.63) is 0 Å². The van der Waals surface area contributed by atoms with Gasteiger partial charge in [0.05, 0.1) is 0 Å².